The minimum Gasteiger partial charge on any atom is -0.488 e. The lowest BCUT2D eigenvalue weighted by Crippen LogP contribution is -2.57. The zero-order valence-corrected chi connectivity index (χ0v) is 11.8. The number of esters is 1. The molecule has 1 saturated carbocycles. The summed E-state index contributed by atoms with van der Waals surface area (Å²) >= 11 is 0. The lowest BCUT2D eigenvalue weighted by molar-refractivity contribution is -0.153. The van der Waals surface area contributed by atoms with Gasteiger partial charge in [0.15, 0.2) is 17.1 Å². The van der Waals surface area contributed by atoms with Crippen LogP contribution in [-0.2, 0) is 9.53 Å². The van der Waals surface area contributed by atoms with Crippen LogP contribution < -0.4 is 10.1 Å². The summed E-state index contributed by atoms with van der Waals surface area (Å²) in [6.45, 7) is 2.14. The average Bonchev–Trinajstić information content (AvgIpc) is 3.27. The Bertz CT molecular complexity index is 476. The third-order valence-corrected chi connectivity index (χ3v) is 3.65. The van der Waals surface area contributed by atoms with E-state index in [-0.39, 0.29) is 24.2 Å². The van der Waals surface area contributed by atoms with Gasteiger partial charge in [-0.1, -0.05) is 12.1 Å². The maximum Gasteiger partial charge on any atom is 0.330 e. The van der Waals surface area contributed by atoms with E-state index in [2.05, 4.69) is 5.32 Å². The number of likely N-dealkylation sites (N-methyl/N-ethyl adjacent to an activating group) is 1. The molecule has 2 rings (SSSR count). The maximum absolute atomic E-state index is 13.6. The van der Waals surface area contributed by atoms with Gasteiger partial charge in [-0.05, 0) is 44.9 Å². The van der Waals surface area contributed by atoms with Crippen molar-refractivity contribution in [3.8, 4) is 5.75 Å². The van der Waals surface area contributed by atoms with Crippen molar-refractivity contribution in [1.82, 2.24) is 5.32 Å². The molecule has 1 aliphatic carbocycles. The van der Waals surface area contributed by atoms with Crippen molar-refractivity contribution in [2.75, 3.05) is 20.3 Å². The summed E-state index contributed by atoms with van der Waals surface area (Å²) in [5, 5.41) is 3.03. The summed E-state index contributed by atoms with van der Waals surface area (Å²) in [5.74, 6) is -0.436. The highest BCUT2D eigenvalue weighted by Gasteiger charge is 2.52. The van der Waals surface area contributed by atoms with Gasteiger partial charge in [0.05, 0.1) is 6.61 Å². The van der Waals surface area contributed by atoms with Crippen molar-refractivity contribution in [2.45, 2.75) is 25.3 Å². The molecule has 4 nitrogen and oxygen atoms in total. The molecular weight excluding hydrogens is 261 g/mol. The van der Waals surface area contributed by atoms with Crippen molar-refractivity contribution in [2.24, 2.45) is 5.92 Å². The van der Waals surface area contributed by atoms with Crippen LogP contribution in [0.5, 0.6) is 5.75 Å². The van der Waals surface area contributed by atoms with Crippen LogP contribution in [0.3, 0.4) is 0 Å². The number of halogens is 1. The Morgan fingerprint density at radius 3 is 2.70 bits per heavy atom. The first kappa shape index (κ1) is 14.8. The number of carbonyl (C=O) groups is 1. The van der Waals surface area contributed by atoms with Crippen LogP contribution in [0.25, 0.3) is 0 Å². The number of hydrogen-bond acceptors (Lipinski definition) is 4. The molecule has 0 spiro atoms. The van der Waals surface area contributed by atoms with E-state index in [1.54, 1.807) is 32.2 Å². The second kappa shape index (κ2) is 6.22. The molecule has 20 heavy (non-hydrogen) atoms. The Morgan fingerprint density at radius 1 is 1.45 bits per heavy atom. The molecule has 0 aromatic heterocycles. The summed E-state index contributed by atoms with van der Waals surface area (Å²) in [6, 6.07) is 6.17. The largest absolute Gasteiger partial charge is 0.488 e. The van der Waals surface area contributed by atoms with E-state index in [0.717, 1.165) is 12.8 Å². The monoisotopic (exact) mass is 281 g/mol. The van der Waals surface area contributed by atoms with Gasteiger partial charge in [-0.25, -0.2) is 9.18 Å². The molecule has 1 aromatic carbocycles. The van der Waals surface area contributed by atoms with Crippen molar-refractivity contribution in [3.05, 3.63) is 30.1 Å². The first-order chi connectivity index (χ1) is 9.64. The number of rotatable bonds is 7. The van der Waals surface area contributed by atoms with E-state index in [1.165, 1.54) is 6.07 Å². The highest BCUT2D eigenvalue weighted by molar-refractivity contribution is 5.82. The van der Waals surface area contributed by atoms with Crippen molar-refractivity contribution in [3.63, 3.8) is 0 Å². The Kier molecular flexibility index (Phi) is 4.60. The minimum atomic E-state index is -0.891. The SMILES string of the molecule is CCOC(=O)C(COc1ccccc1F)(NC)C1CC1. The molecule has 1 fully saturated rings. The molecule has 0 aliphatic heterocycles. The maximum atomic E-state index is 13.6. The summed E-state index contributed by atoms with van der Waals surface area (Å²) in [6.07, 6.45) is 1.89. The first-order valence-corrected chi connectivity index (χ1v) is 6.87. The van der Waals surface area contributed by atoms with Crippen LogP contribution >= 0.6 is 0 Å². The topological polar surface area (TPSA) is 47.6 Å². The van der Waals surface area contributed by atoms with Gasteiger partial charge in [0.2, 0.25) is 0 Å². The van der Waals surface area contributed by atoms with Crippen LogP contribution in [0.4, 0.5) is 4.39 Å². The fraction of sp³-hybridized carbons (Fsp3) is 0.533. The Hall–Kier alpha value is -1.62. The smallest absolute Gasteiger partial charge is 0.330 e. The standard InChI is InChI=1S/C15H20FNO3/c1-3-19-14(18)15(17-2,11-8-9-11)10-20-13-7-5-4-6-12(13)16/h4-7,11,17H,3,8-10H2,1-2H3. The van der Waals surface area contributed by atoms with E-state index in [4.69, 9.17) is 9.47 Å². The van der Waals surface area contributed by atoms with Gasteiger partial charge < -0.3 is 14.8 Å². The van der Waals surface area contributed by atoms with Crippen LogP contribution in [-0.4, -0.2) is 31.8 Å². The molecule has 0 saturated heterocycles. The number of benzene rings is 1. The van der Waals surface area contributed by atoms with Crippen molar-refractivity contribution >= 4 is 5.97 Å². The molecule has 1 atom stereocenters. The zero-order chi connectivity index (χ0) is 14.6. The Balaban J connectivity index is 2.12. The van der Waals surface area contributed by atoms with Gasteiger partial charge in [-0.3, -0.25) is 0 Å². The second-order valence-electron chi connectivity index (χ2n) is 4.94. The van der Waals surface area contributed by atoms with Gasteiger partial charge in [0, 0.05) is 0 Å². The van der Waals surface area contributed by atoms with E-state index < -0.39 is 11.4 Å². The molecule has 1 N–H and O–H groups in total. The molecule has 110 valence electrons. The summed E-state index contributed by atoms with van der Waals surface area (Å²) in [7, 11) is 1.71. The predicted molar refractivity (Wildman–Crippen MR) is 73.0 cm³/mol. The van der Waals surface area contributed by atoms with Gasteiger partial charge in [-0.15, -0.1) is 0 Å². The summed E-state index contributed by atoms with van der Waals surface area (Å²) in [4.78, 5) is 12.2. The number of ether oxygens (including phenoxy) is 2. The fourth-order valence-electron chi connectivity index (χ4n) is 2.31. The number of hydrogen-bond donors (Lipinski definition) is 1. The van der Waals surface area contributed by atoms with Crippen LogP contribution in [0.2, 0.25) is 0 Å². The van der Waals surface area contributed by atoms with Crippen LogP contribution in [0.15, 0.2) is 24.3 Å². The van der Waals surface area contributed by atoms with Gasteiger partial charge in [0.1, 0.15) is 6.61 Å². The Labute approximate surface area is 118 Å². The first-order valence-electron chi connectivity index (χ1n) is 6.87. The molecule has 0 radical (unpaired) electrons. The predicted octanol–water partition coefficient (Wildman–Crippen LogP) is 2.14. The fourth-order valence-corrected chi connectivity index (χ4v) is 2.31. The van der Waals surface area contributed by atoms with Gasteiger partial charge >= 0.3 is 5.97 Å². The highest BCUT2D eigenvalue weighted by atomic mass is 19.1. The average molecular weight is 281 g/mol. The molecule has 1 aromatic rings. The highest BCUT2D eigenvalue weighted by Crippen LogP contribution is 2.40. The molecule has 1 aliphatic rings. The Morgan fingerprint density at radius 2 is 2.15 bits per heavy atom. The molecule has 1 unspecified atom stereocenters. The van der Waals surface area contributed by atoms with E-state index in [1.807, 2.05) is 0 Å². The molecule has 0 bridgehead atoms. The summed E-state index contributed by atoms with van der Waals surface area (Å²) < 4.78 is 24.2. The van der Waals surface area contributed by atoms with Gasteiger partial charge in [0.25, 0.3) is 0 Å². The number of para-hydroxylation sites is 1. The molecule has 0 amide bonds. The van der Waals surface area contributed by atoms with E-state index in [9.17, 15) is 9.18 Å². The number of nitrogens with one attached hydrogen (secondary N) is 1. The van der Waals surface area contributed by atoms with Crippen LogP contribution in [0.1, 0.15) is 19.8 Å². The van der Waals surface area contributed by atoms with Crippen molar-refractivity contribution < 1.29 is 18.7 Å². The molecule has 0 heterocycles. The van der Waals surface area contributed by atoms with Crippen LogP contribution in [0, 0.1) is 11.7 Å². The van der Waals surface area contributed by atoms with E-state index >= 15 is 0 Å². The minimum absolute atomic E-state index is 0.0634. The third-order valence-electron chi connectivity index (χ3n) is 3.65. The number of carbonyl (C=O) groups excluding carboxylic acids is 1. The van der Waals surface area contributed by atoms with E-state index in [0.29, 0.717) is 6.61 Å². The summed E-state index contributed by atoms with van der Waals surface area (Å²) in [5.41, 5.74) is -0.891. The van der Waals surface area contributed by atoms with Crippen molar-refractivity contribution in [1.29, 1.82) is 0 Å². The lowest BCUT2D eigenvalue weighted by atomic mass is 9.94. The second-order valence-corrected chi connectivity index (χ2v) is 4.94. The molecule has 5 heteroatoms. The zero-order valence-electron chi connectivity index (χ0n) is 11.8. The lowest BCUT2D eigenvalue weighted by Gasteiger charge is -2.31. The normalized spacial score (nSPS) is 17.4. The molecular formula is C15H20FNO3. The third kappa shape index (κ3) is 2.93. The quantitative estimate of drug-likeness (QED) is 0.778. The van der Waals surface area contributed by atoms with Gasteiger partial charge in [-0.2, -0.15) is 0 Å².